The first kappa shape index (κ1) is 17.5. The van der Waals surface area contributed by atoms with Crippen LogP contribution in [0.1, 0.15) is 18.0 Å². The standard InChI is InChI=1S/C20H13ClN2O3S/c21-14-7-5-12(6-8-14)20-22-15(11-27-20)9-13(10-18(24)25)19-23-16-3-1-2-4-17(16)26-19/h1-9,11H,10H2,(H,24,25)/b13-9-. The van der Waals surface area contributed by atoms with Crippen molar-refractivity contribution in [3.8, 4) is 10.6 Å². The van der Waals surface area contributed by atoms with Crippen molar-refractivity contribution in [2.24, 2.45) is 0 Å². The molecule has 0 atom stereocenters. The van der Waals surface area contributed by atoms with E-state index in [-0.39, 0.29) is 6.42 Å². The third-order valence-corrected chi connectivity index (χ3v) is 5.01. The molecular formula is C20H13ClN2O3S. The molecule has 4 rings (SSSR count). The Balaban J connectivity index is 1.71. The minimum atomic E-state index is -0.961. The quantitative estimate of drug-likeness (QED) is 0.473. The van der Waals surface area contributed by atoms with E-state index >= 15 is 0 Å². The molecule has 0 aliphatic rings. The Morgan fingerprint density at radius 3 is 2.67 bits per heavy atom. The van der Waals surface area contributed by atoms with Crippen LogP contribution < -0.4 is 0 Å². The van der Waals surface area contributed by atoms with Gasteiger partial charge in [0.15, 0.2) is 5.58 Å². The van der Waals surface area contributed by atoms with E-state index in [0.717, 1.165) is 10.6 Å². The van der Waals surface area contributed by atoms with Crippen LogP contribution in [0.4, 0.5) is 0 Å². The molecule has 0 radical (unpaired) electrons. The number of oxazole rings is 1. The summed E-state index contributed by atoms with van der Waals surface area (Å²) in [6.07, 6.45) is 1.50. The summed E-state index contributed by atoms with van der Waals surface area (Å²) in [5.74, 6) is -0.670. The fourth-order valence-corrected chi connectivity index (χ4v) is 3.53. The summed E-state index contributed by atoms with van der Waals surface area (Å²) in [5, 5.41) is 12.6. The van der Waals surface area contributed by atoms with Crippen LogP contribution in [0.15, 0.2) is 58.3 Å². The number of aliphatic carboxylic acids is 1. The van der Waals surface area contributed by atoms with Crippen LogP contribution in [0.3, 0.4) is 0 Å². The van der Waals surface area contributed by atoms with E-state index in [9.17, 15) is 9.90 Å². The van der Waals surface area contributed by atoms with Gasteiger partial charge in [0.25, 0.3) is 0 Å². The molecule has 0 saturated carbocycles. The van der Waals surface area contributed by atoms with Crippen molar-refractivity contribution in [1.82, 2.24) is 9.97 Å². The molecule has 0 aliphatic carbocycles. The maximum atomic E-state index is 11.3. The van der Waals surface area contributed by atoms with Crippen LogP contribution >= 0.6 is 22.9 Å². The van der Waals surface area contributed by atoms with Gasteiger partial charge in [-0.15, -0.1) is 11.3 Å². The number of benzene rings is 2. The fraction of sp³-hybridized carbons (Fsp3) is 0.0500. The topological polar surface area (TPSA) is 76.2 Å². The van der Waals surface area contributed by atoms with Crippen molar-refractivity contribution >= 4 is 51.7 Å². The Hall–Kier alpha value is -2.96. The van der Waals surface area contributed by atoms with Crippen molar-refractivity contribution < 1.29 is 14.3 Å². The normalized spacial score (nSPS) is 11.8. The molecule has 2 aromatic carbocycles. The van der Waals surface area contributed by atoms with Gasteiger partial charge in [-0.25, -0.2) is 9.97 Å². The number of nitrogens with zero attached hydrogens (tertiary/aromatic N) is 2. The Morgan fingerprint density at radius 1 is 1.15 bits per heavy atom. The molecule has 2 heterocycles. The highest BCUT2D eigenvalue weighted by Crippen LogP contribution is 2.29. The van der Waals surface area contributed by atoms with Crippen LogP contribution in [0, 0.1) is 0 Å². The fourth-order valence-electron chi connectivity index (χ4n) is 2.62. The number of carboxylic acid groups (broad SMARTS) is 1. The first-order valence-electron chi connectivity index (χ1n) is 8.08. The average Bonchev–Trinajstić information content (AvgIpc) is 3.28. The third-order valence-electron chi connectivity index (χ3n) is 3.85. The van der Waals surface area contributed by atoms with E-state index in [1.807, 2.05) is 47.8 Å². The van der Waals surface area contributed by atoms with Crippen molar-refractivity contribution in [3.05, 3.63) is 70.5 Å². The summed E-state index contributed by atoms with van der Waals surface area (Å²) >= 11 is 7.40. The highest BCUT2D eigenvalue weighted by molar-refractivity contribution is 7.13. The van der Waals surface area contributed by atoms with E-state index in [1.165, 1.54) is 11.3 Å². The molecule has 4 aromatic rings. The number of thiazole rings is 1. The van der Waals surface area contributed by atoms with Crippen LogP contribution in [0.5, 0.6) is 0 Å². The molecule has 0 amide bonds. The summed E-state index contributed by atoms with van der Waals surface area (Å²) in [7, 11) is 0. The predicted octanol–water partition coefficient (Wildman–Crippen LogP) is 5.62. The second kappa shape index (κ2) is 7.34. The molecule has 0 fully saturated rings. The number of fused-ring (bicyclic) bond motifs is 1. The number of rotatable bonds is 5. The predicted molar refractivity (Wildman–Crippen MR) is 107 cm³/mol. The molecule has 2 aromatic heterocycles. The molecule has 7 heteroatoms. The molecule has 0 unspecified atom stereocenters. The van der Waals surface area contributed by atoms with Gasteiger partial charge in [-0.3, -0.25) is 4.79 Å². The highest BCUT2D eigenvalue weighted by atomic mass is 35.5. The summed E-state index contributed by atoms with van der Waals surface area (Å²) in [6, 6.07) is 14.7. The van der Waals surface area contributed by atoms with Crippen LogP contribution in [0.25, 0.3) is 33.3 Å². The summed E-state index contributed by atoms with van der Waals surface area (Å²) in [6.45, 7) is 0. The van der Waals surface area contributed by atoms with E-state index in [4.69, 9.17) is 16.0 Å². The van der Waals surface area contributed by atoms with E-state index in [2.05, 4.69) is 9.97 Å². The smallest absolute Gasteiger partial charge is 0.308 e. The molecule has 134 valence electrons. The Bertz CT molecular complexity index is 1110. The summed E-state index contributed by atoms with van der Waals surface area (Å²) in [4.78, 5) is 20.3. The van der Waals surface area contributed by atoms with Crippen molar-refractivity contribution in [1.29, 1.82) is 0 Å². The van der Waals surface area contributed by atoms with Crippen molar-refractivity contribution in [2.75, 3.05) is 0 Å². The minimum Gasteiger partial charge on any atom is -0.481 e. The minimum absolute atomic E-state index is 0.208. The largest absolute Gasteiger partial charge is 0.481 e. The Labute approximate surface area is 163 Å². The van der Waals surface area contributed by atoms with Crippen molar-refractivity contribution in [3.63, 3.8) is 0 Å². The zero-order chi connectivity index (χ0) is 18.8. The lowest BCUT2D eigenvalue weighted by Crippen LogP contribution is -1.97. The van der Waals surface area contributed by atoms with E-state index < -0.39 is 5.97 Å². The van der Waals surface area contributed by atoms with Crippen LogP contribution in [-0.2, 0) is 4.79 Å². The van der Waals surface area contributed by atoms with Gasteiger partial charge < -0.3 is 9.52 Å². The lowest BCUT2D eigenvalue weighted by Gasteiger charge is -1.99. The van der Waals surface area contributed by atoms with Gasteiger partial charge in [0.05, 0.1) is 12.1 Å². The number of para-hydroxylation sites is 2. The Morgan fingerprint density at radius 2 is 1.93 bits per heavy atom. The van der Waals surface area contributed by atoms with Gasteiger partial charge in [-0.2, -0.15) is 0 Å². The van der Waals surface area contributed by atoms with Gasteiger partial charge in [-0.1, -0.05) is 35.9 Å². The third kappa shape index (κ3) is 3.92. The lowest BCUT2D eigenvalue weighted by molar-refractivity contribution is -0.135. The van der Waals surface area contributed by atoms with Gasteiger partial charge in [0.2, 0.25) is 5.89 Å². The summed E-state index contributed by atoms with van der Waals surface area (Å²) < 4.78 is 5.73. The first-order valence-corrected chi connectivity index (χ1v) is 9.34. The first-order chi connectivity index (χ1) is 13.1. The molecule has 0 saturated heterocycles. The Kier molecular flexibility index (Phi) is 4.75. The SMILES string of the molecule is O=C(O)C/C(=C/c1csc(-c2ccc(Cl)cc2)n1)c1nc2ccccc2o1. The molecule has 5 nitrogen and oxygen atoms in total. The summed E-state index contributed by atoms with van der Waals surface area (Å²) in [5.41, 5.74) is 3.37. The number of halogens is 1. The van der Waals surface area contributed by atoms with Crippen LogP contribution in [-0.4, -0.2) is 21.0 Å². The zero-order valence-electron chi connectivity index (χ0n) is 13.9. The molecule has 1 N–H and O–H groups in total. The lowest BCUT2D eigenvalue weighted by atomic mass is 10.1. The second-order valence-corrected chi connectivity index (χ2v) is 7.11. The monoisotopic (exact) mass is 396 g/mol. The number of carboxylic acids is 1. The number of hydrogen-bond donors (Lipinski definition) is 1. The van der Waals surface area contributed by atoms with Gasteiger partial charge >= 0.3 is 5.97 Å². The molecule has 0 spiro atoms. The molecule has 0 bridgehead atoms. The number of carbonyl (C=O) groups is 1. The van der Waals surface area contributed by atoms with E-state index in [0.29, 0.717) is 33.3 Å². The van der Waals surface area contributed by atoms with Gasteiger partial charge in [-0.05, 0) is 30.3 Å². The number of aromatic nitrogens is 2. The molecule has 27 heavy (non-hydrogen) atoms. The second-order valence-electron chi connectivity index (χ2n) is 5.81. The van der Waals surface area contributed by atoms with Gasteiger partial charge in [0.1, 0.15) is 10.5 Å². The average molecular weight is 397 g/mol. The van der Waals surface area contributed by atoms with Gasteiger partial charge in [0, 0.05) is 21.5 Å². The van der Waals surface area contributed by atoms with Crippen LogP contribution in [0.2, 0.25) is 5.02 Å². The molecular weight excluding hydrogens is 384 g/mol. The number of hydrogen-bond acceptors (Lipinski definition) is 5. The zero-order valence-corrected chi connectivity index (χ0v) is 15.5. The highest BCUT2D eigenvalue weighted by Gasteiger charge is 2.15. The van der Waals surface area contributed by atoms with Crippen molar-refractivity contribution in [2.45, 2.75) is 6.42 Å². The maximum absolute atomic E-state index is 11.3. The van der Waals surface area contributed by atoms with E-state index in [1.54, 1.807) is 12.1 Å². The maximum Gasteiger partial charge on any atom is 0.308 e. The molecule has 0 aliphatic heterocycles.